The van der Waals surface area contributed by atoms with Crippen LogP contribution in [0.2, 0.25) is 0 Å². The van der Waals surface area contributed by atoms with Gasteiger partial charge in [-0.15, -0.1) is 0 Å². The summed E-state index contributed by atoms with van der Waals surface area (Å²) in [6.45, 7) is 0. The van der Waals surface area contributed by atoms with Gasteiger partial charge < -0.3 is 5.73 Å². The summed E-state index contributed by atoms with van der Waals surface area (Å²) in [6.07, 6.45) is 6.15. The molecule has 1 aromatic carbocycles. The second-order valence-corrected chi connectivity index (χ2v) is 4.98. The van der Waals surface area contributed by atoms with Crippen molar-refractivity contribution in [1.29, 1.82) is 0 Å². The molecule has 5 heteroatoms. The smallest absolute Gasteiger partial charge is 0.269 e. The average molecular weight is 261 g/mol. The van der Waals surface area contributed by atoms with E-state index < -0.39 is 0 Å². The SMILES string of the molecule is NC1=NC(CCc2ccc([N+](=O)[O-])cc2)CCCC1. The molecular weight excluding hydrogens is 242 g/mol. The lowest BCUT2D eigenvalue weighted by molar-refractivity contribution is -0.384. The third-order valence-electron chi connectivity index (χ3n) is 3.48. The minimum absolute atomic E-state index is 0.139. The molecule has 0 saturated heterocycles. The fourth-order valence-corrected chi connectivity index (χ4v) is 2.38. The van der Waals surface area contributed by atoms with Crippen LogP contribution in [0.1, 0.15) is 37.7 Å². The first-order chi connectivity index (χ1) is 9.15. The van der Waals surface area contributed by atoms with Crippen molar-refractivity contribution in [2.45, 2.75) is 44.6 Å². The summed E-state index contributed by atoms with van der Waals surface area (Å²) in [5.41, 5.74) is 7.08. The number of amidine groups is 1. The number of nitro groups is 1. The topological polar surface area (TPSA) is 81.5 Å². The second-order valence-electron chi connectivity index (χ2n) is 4.98. The lowest BCUT2D eigenvalue weighted by Gasteiger charge is -2.10. The quantitative estimate of drug-likeness (QED) is 0.668. The Morgan fingerprint density at radius 1 is 1.32 bits per heavy atom. The standard InChI is InChI=1S/C14H19N3O2/c15-14-4-2-1-3-12(16-14)8-5-11-6-9-13(10-7-11)17(18)19/h6-7,9-10,12H,1-5,8H2,(H2,15,16). The van der Waals surface area contributed by atoms with Crippen LogP contribution in [0, 0.1) is 10.1 Å². The summed E-state index contributed by atoms with van der Waals surface area (Å²) < 4.78 is 0. The number of nitrogens with two attached hydrogens (primary N) is 1. The van der Waals surface area contributed by atoms with Gasteiger partial charge in [0, 0.05) is 18.6 Å². The Morgan fingerprint density at radius 2 is 2.05 bits per heavy atom. The minimum Gasteiger partial charge on any atom is -0.387 e. The van der Waals surface area contributed by atoms with Gasteiger partial charge in [-0.05, 0) is 31.2 Å². The molecule has 1 unspecified atom stereocenters. The van der Waals surface area contributed by atoms with Crippen molar-refractivity contribution < 1.29 is 4.92 Å². The number of non-ortho nitro benzene ring substituents is 1. The Morgan fingerprint density at radius 3 is 2.74 bits per heavy atom. The first-order valence-corrected chi connectivity index (χ1v) is 6.70. The van der Waals surface area contributed by atoms with Crippen LogP contribution in [0.3, 0.4) is 0 Å². The zero-order chi connectivity index (χ0) is 13.7. The van der Waals surface area contributed by atoms with Gasteiger partial charge in [-0.25, -0.2) is 0 Å². The lowest BCUT2D eigenvalue weighted by Crippen LogP contribution is -2.14. The Balaban J connectivity index is 1.91. The maximum absolute atomic E-state index is 10.6. The summed E-state index contributed by atoms with van der Waals surface area (Å²) in [7, 11) is 0. The Kier molecular flexibility index (Phi) is 4.49. The van der Waals surface area contributed by atoms with Crippen LogP contribution in [0.4, 0.5) is 5.69 Å². The number of rotatable bonds is 4. The molecule has 2 rings (SSSR count). The number of nitrogens with zero attached hydrogens (tertiary/aromatic N) is 2. The van der Waals surface area contributed by atoms with Gasteiger partial charge in [0.2, 0.25) is 0 Å². The van der Waals surface area contributed by atoms with E-state index in [9.17, 15) is 10.1 Å². The van der Waals surface area contributed by atoms with Gasteiger partial charge in [0.1, 0.15) is 0 Å². The molecular formula is C14H19N3O2. The van der Waals surface area contributed by atoms with Crippen molar-refractivity contribution in [3.8, 4) is 0 Å². The van der Waals surface area contributed by atoms with E-state index in [1.54, 1.807) is 12.1 Å². The number of benzene rings is 1. The number of aliphatic imine (C=N–C) groups is 1. The third-order valence-corrected chi connectivity index (χ3v) is 3.48. The van der Waals surface area contributed by atoms with E-state index in [1.807, 2.05) is 12.1 Å². The molecule has 1 aromatic rings. The summed E-state index contributed by atoms with van der Waals surface area (Å²) >= 11 is 0. The van der Waals surface area contributed by atoms with Gasteiger partial charge in [0.05, 0.1) is 16.8 Å². The molecule has 2 N–H and O–H groups in total. The van der Waals surface area contributed by atoms with Crippen LogP contribution in [-0.2, 0) is 6.42 Å². The van der Waals surface area contributed by atoms with Gasteiger partial charge in [0.25, 0.3) is 5.69 Å². The highest BCUT2D eigenvalue weighted by molar-refractivity contribution is 5.80. The molecule has 0 bridgehead atoms. The van der Waals surface area contributed by atoms with Gasteiger partial charge in [-0.3, -0.25) is 15.1 Å². The van der Waals surface area contributed by atoms with Crippen molar-refractivity contribution in [2.24, 2.45) is 10.7 Å². The Hall–Kier alpha value is -1.91. The third kappa shape index (κ3) is 4.05. The highest BCUT2D eigenvalue weighted by atomic mass is 16.6. The van der Waals surface area contributed by atoms with Crippen molar-refractivity contribution in [3.63, 3.8) is 0 Å². The first kappa shape index (κ1) is 13.5. The van der Waals surface area contributed by atoms with Gasteiger partial charge in [-0.1, -0.05) is 18.6 Å². The van der Waals surface area contributed by atoms with Crippen molar-refractivity contribution in [3.05, 3.63) is 39.9 Å². The van der Waals surface area contributed by atoms with Crippen LogP contribution in [0.15, 0.2) is 29.3 Å². The maximum atomic E-state index is 10.6. The van der Waals surface area contributed by atoms with Crippen LogP contribution >= 0.6 is 0 Å². The lowest BCUT2D eigenvalue weighted by atomic mass is 10.0. The zero-order valence-corrected chi connectivity index (χ0v) is 10.9. The number of nitro benzene ring substituents is 1. The molecule has 0 saturated carbocycles. The first-order valence-electron chi connectivity index (χ1n) is 6.70. The molecule has 0 aliphatic carbocycles. The monoisotopic (exact) mass is 261 g/mol. The van der Waals surface area contributed by atoms with E-state index in [1.165, 1.54) is 6.42 Å². The molecule has 0 fully saturated rings. The number of aryl methyl sites for hydroxylation is 1. The summed E-state index contributed by atoms with van der Waals surface area (Å²) in [5.74, 6) is 0.770. The predicted octanol–water partition coefficient (Wildman–Crippen LogP) is 2.83. The molecule has 5 nitrogen and oxygen atoms in total. The normalized spacial score (nSPS) is 19.6. The molecule has 1 aliphatic heterocycles. The largest absolute Gasteiger partial charge is 0.387 e. The van der Waals surface area contributed by atoms with Crippen LogP contribution < -0.4 is 5.73 Å². The van der Waals surface area contributed by atoms with Crippen molar-refractivity contribution >= 4 is 11.5 Å². The van der Waals surface area contributed by atoms with Gasteiger partial charge in [0.15, 0.2) is 0 Å². The molecule has 0 aromatic heterocycles. The number of hydrogen-bond donors (Lipinski definition) is 1. The van der Waals surface area contributed by atoms with E-state index in [0.717, 1.165) is 43.5 Å². The molecule has 0 spiro atoms. The fraction of sp³-hybridized carbons (Fsp3) is 0.500. The van der Waals surface area contributed by atoms with Crippen LogP contribution in [0.25, 0.3) is 0 Å². The van der Waals surface area contributed by atoms with Gasteiger partial charge in [-0.2, -0.15) is 0 Å². The van der Waals surface area contributed by atoms with Crippen LogP contribution in [0.5, 0.6) is 0 Å². The predicted molar refractivity (Wildman–Crippen MR) is 75.3 cm³/mol. The molecule has 1 heterocycles. The summed E-state index contributed by atoms with van der Waals surface area (Å²) in [5, 5.41) is 10.6. The number of hydrogen-bond acceptors (Lipinski definition) is 4. The van der Waals surface area contributed by atoms with E-state index in [0.29, 0.717) is 6.04 Å². The van der Waals surface area contributed by atoms with Crippen LogP contribution in [-0.4, -0.2) is 16.8 Å². The highest BCUT2D eigenvalue weighted by Crippen LogP contribution is 2.18. The molecule has 1 atom stereocenters. The van der Waals surface area contributed by atoms with Crippen molar-refractivity contribution in [1.82, 2.24) is 0 Å². The molecule has 0 radical (unpaired) electrons. The molecule has 1 aliphatic rings. The second kappa shape index (κ2) is 6.31. The molecule has 102 valence electrons. The van der Waals surface area contributed by atoms with E-state index >= 15 is 0 Å². The highest BCUT2D eigenvalue weighted by Gasteiger charge is 2.12. The van der Waals surface area contributed by atoms with Crippen molar-refractivity contribution in [2.75, 3.05) is 0 Å². The van der Waals surface area contributed by atoms with E-state index in [-0.39, 0.29) is 10.6 Å². The van der Waals surface area contributed by atoms with E-state index in [4.69, 9.17) is 5.73 Å². The molecule has 19 heavy (non-hydrogen) atoms. The minimum atomic E-state index is -0.375. The summed E-state index contributed by atoms with van der Waals surface area (Å²) in [6, 6.07) is 7.06. The summed E-state index contributed by atoms with van der Waals surface area (Å²) in [4.78, 5) is 14.7. The van der Waals surface area contributed by atoms with E-state index in [2.05, 4.69) is 4.99 Å². The Labute approximate surface area is 112 Å². The maximum Gasteiger partial charge on any atom is 0.269 e. The average Bonchev–Trinajstić information content (AvgIpc) is 2.61. The fourth-order valence-electron chi connectivity index (χ4n) is 2.38. The van der Waals surface area contributed by atoms with Gasteiger partial charge >= 0.3 is 0 Å². The Bertz CT molecular complexity index is 468. The zero-order valence-electron chi connectivity index (χ0n) is 10.9. The molecule has 0 amide bonds.